The van der Waals surface area contributed by atoms with Crippen molar-refractivity contribution in [3.05, 3.63) is 34.9 Å². The van der Waals surface area contributed by atoms with Gasteiger partial charge in [-0.05, 0) is 23.6 Å². The van der Waals surface area contributed by atoms with E-state index in [-0.39, 0.29) is 0 Å². The molecule has 0 saturated heterocycles. The summed E-state index contributed by atoms with van der Waals surface area (Å²) in [6.07, 6.45) is 1.21. The van der Waals surface area contributed by atoms with Crippen molar-refractivity contribution in [2.24, 2.45) is 0 Å². The zero-order valence-corrected chi connectivity index (χ0v) is 11.4. The second-order valence-electron chi connectivity index (χ2n) is 4.46. The summed E-state index contributed by atoms with van der Waals surface area (Å²) in [6, 6.07) is 5.79. The van der Waals surface area contributed by atoms with E-state index in [1.54, 1.807) is 6.92 Å². The Hall–Kier alpha value is -0.580. The normalized spacial score (nSPS) is 18.8. The summed E-state index contributed by atoms with van der Waals surface area (Å²) < 4.78 is 28.3. The van der Waals surface area contributed by atoms with Gasteiger partial charge in [-0.3, -0.25) is 0 Å². The van der Waals surface area contributed by atoms with Gasteiger partial charge in [0.15, 0.2) is 9.84 Å². The Morgan fingerprint density at radius 1 is 1.29 bits per heavy atom. The molecule has 0 N–H and O–H groups in total. The zero-order chi connectivity index (χ0) is 12.6. The van der Waals surface area contributed by atoms with Crippen molar-refractivity contribution in [1.82, 2.24) is 0 Å². The van der Waals surface area contributed by atoms with Gasteiger partial charge in [-0.1, -0.05) is 18.2 Å². The fourth-order valence-electron chi connectivity index (χ4n) is 1.85. The number of alkyl halides is 1. The summed E-state index contributed by atoms with van der Waals surface area (Å²) in [7, 11) is -3.13. The maximum Gasteiger partial charge on any atom is 0.151 e. The van der Waals surface area contributed by atoms with Gasteiger partial charge in [0.2, 0.25) is 0 Å². The van der Waals surface area contributed by atoms with Crippen LogP contribution in [0, 0.1) is 0 Å². The van der Waals surface area contributed by atoms with E-state index in [4.69, 9.17) is 16.3 Å². The van der Waals surface area contributed by atoms with Gasteiger partial charge in [-0.15, -0.1) is 11.6 Å². The van der Waals surface area contributed by atoms with Crippen molar-refractivity contribution < 1.29 is 13.2 Å². The van der Waals surface area contributed by atoms with Crippen LogP contribution in [0.3, 0.4) is 0 Å². The lowest BCUT2D eigenvalue weighted by Crippen LogP contribution is -2.21. The number of ether oxygens (including phenoxy) is 1. The van der Waals surface area contributed by atoms with Crippen LogP contribution in [0.5, 0.6) is 0 Å². The number of fused-ring (bicyclic) bond motifs is 1. The number of hydrogen-bond donors (Lipinski definition) is 0. The molecule has 0 amide bonds. The highest BCUT2D eigenvalue weighted by atomic mass is 35.5. The summed E-state index contributed by atoms with van der Waals surface area (Å²) in [5, 5.41) is -1.11. The zero-order valence-electron chi connectivity index (χ0n) is 9.81. The molecule has 2 rings (SSSR count). The molecule has 5 heteroatoms. The molecule has 94 valence electrons. The molecule has 0 aromatic heterocycles. The molecule has 2 atom stereocenters. The highest BCUT2D eigenvalue weighted by Crippen LogP contribution is 2.31. The van der Waals surface area contributed by atoms with Crippen molar-refractivity contribution in [3.63, 3.8) is 0 Å². The Morgan fingerprint density at radius 2 is 1.94 bits per heavy atom. The molecule has 0 bridgehead atoms. The Kier molecular flexibility index (Phi) is 3.48. The third kappa shape index (κ3) is 2.64. The maximum atomic E-state index is 11.5. The van der Waals surface area contributed by atoms with Gasteiger partial charge < -0.3 is 4.74 Å². The third-order valence-corrected chi connectivity index (χ3v) is 5.55. The van der Waals surface area contributed by atoms with Gasteiger partial charge in [0.05, 0.1) is 23.8 Å². The lowest BCUT2D eigenvalue weighted by molar-refractivity contribution is 0.134. The SMILES string of the molecule is CC(C(Cl)c1ccc2c(c1)COC2)S(C)(=O)=O. The third-order valence-electron chi connectivity index (χ3n) is 3.15. The first kappa shape index (κ1) is 12.9. The molecule has 0 aliphatic carbocycles. The van der Waals surface area contributed by atoms with Crippen molar-refractivity contribution in [2.45, 2.75) is 30.8 Å². The van der Waals surface area contributed by atoms with Crippen molar-refractivity contribution in [3.8, 4) is 0 Å². The van der Waals surface area contributed by atoms with Crippen LogP contribution < -0.4 is 0 Å². The van der Waals surface area contributed by atoms with Crippen LogP contribution in [0.15, 0.2) is 18.2 Å². The minimum absolute atomic E-state index is 0.518. The second-order valence-corrected chi connectivity index (χ2v) is 7.33. The van der Waals surface area contributed by atoms with E-state index in [9.17, 15) is 8.42 Å². The summed E-state index contributed by atoms with van der Waals surface area (Å²) in [5.74, 6) is 0. The Labute approximate surface area is 107 Å². The number of hydrogen-bond acceptors (Lipinski definition) is 3. The quantitative estimate of drug-likeness (QED) is 0.795. The molecule has 0 radical (unpaired) electrons. The fourth-order valence-corrected chi connectivity index (χ4v) is 3.14. The second kappa shape index (κ2) is 4.59. The summed E-state index contributed by atoms with van der Waals surface area (Å²) in [4.78, 5) is 0. The van der Waals surface area contributed by atoms with E-state index < -0.39 is 20.5 Å². The average molecular weight is 275 g/mol. The first-order chi connectivity index (χ1) is 7.89. The molecular weight excluding hydrogens is 260 g/mol. The summed E-state index contributed by atoms with van der Waals surface area (Å²) in [6.45, 7) is 2.85. The van der Waals surface area contributed by atoms with Gasteiger partial charge in [0.1, 0.15) is 0 Å². The summed E-state index contributed by atoms with van der Waals surface area (Å²) >= 11 is 6.22. The van der Waals surface area contributed by atoms with E-state index in [0.29, 0.717) is 13.2 Å². The van der Waals surface area contributed by atoms with Crippen LogP contribution >= 0.6 is 11.6 Å². The molecule has 1 heterocycles. The van der Waals surface area contributed by atoms with Gasteiger partial charge in [0, 0.05) is 6.26 Å². The summed E-state index contributed by atoms with van der Waals surface area (Å²) in [5.41, 5.74) is 3.10. The molecule has 1 aromatic carbocycles. The highest BCUT2D eigenvalue weighted by Gasteiger charge is 2.26. The Balaban J connectivity index is 2.29. The van der Waals surface area contributed by atoms with E-state index >= 15 is 0 Å². The standard InChI is InChI=1S/C12H15ClO3S/c1-8(17(2,14)15)12(13)9-3-4-10-6-16-7-11(10)5-9/h3-5,8,12H,6-7H2,1-2H3. The van der Waals surface area contributed by atoms with Crippen LogP contribution in [0.1, 0.15) is 29.0 Å². The minimum Gasteiger partial charge on any atom is -0.372 e. The Morgan fingerprint density at radius 3 is 2.59 bits per heavy atom. The first-order valence-corrected chi connectivity index (χ1v) is 7.81. The lowest BCUT2D eigenvalue weighted by atomic mass is 10.0. The average Bonchev–Trinajstić information content (AvgIpc) is 2.72. The number of benzene rings is 1. The van der Waals surface area contributed by atoms with Gasteiger partial charge in [-0.25, -0.2) is 8.42 Å². The van der Waals surface area contributed by atoms with Crippen LogP contribution in [0.25, 0.3) is 0 Å². The topological polar surface area (TPSA) is 43.4 Å². The molecule has 1 aromatic rings. The number of rotatable bonds is 3. The molecular formula is C12H15ClO3S. The molecule has 0 spiro atoms. The predicted octanol–water partition coefficient (Wildman–Crippen LogP) is 2.43. The van der Waals surface area contributed by atoms with Gasteiger partial charge >= 0.3 is 0 Å². The fraction of sp³-hybridized carbons (Fsp3) is 0.500. The first-order valence-electron chi connectivity index (χ1n) is 5.42. The van der Waals surface area contributed by atoms with E-state index in [1.807, 2.05) is 18.2 Å². The van der Waals surface area contributed by atoms with Crippen molar-refractivity contribution in [2.75, 3.05) is 6.26 Å². The van der Waals surface area contributed by atoms with Gasteiger partial charge in [0.25, 0.3) is 0 Å². The Bertz CT molecular complexity index is 525. The number of halogens is 1. The van der Waals surface area contributed by atoms with Gasteiger partial charge in [-0.2, -0.15) is 0 Å². The highest BCUT2D eigenvalue weighted by molar-refractivity contribution is 7.91. The molecule has 3 nitrogen and oxygen atoms in total. The minimum atomic E-state index is -3.13. The van der Waals surface area contributed by atoms with Crippen LogP contribution in [-0.4, -0.2) is 19.9 Å². The van der Waals surface area contributed by atoms with Crippen LogP contribution in [0.4, 0.5) is 0 Å². The molecule has 0 fully saturated rings. The lowest BCUT2D eigenvalue weighted by Gasteiger charge is -2.17. The molecule has 17 heavy (non-hydrogen) atoms. The smallest absolute Gasteiger partial charge is 0.151 e. The maximum absolute atomic E-state index is 11.5. The molecule has 0 saturated carbocycles. The van der Waals surface area contributed by atoms with E-state index in [1.165, 1.54) is 6.26 Å². The molecule has 1 aliphatic heterocycles. The molecule has 1 aliphatic rings. The monoisotopic (exact) mass is 274 g/mol. The number of sulfone groups is 1. The van der Waals surface area contributed by atoms with Crippen molar-refractivity contribution >= 4 is 21.4 Å². The van der Waals surface area contributed by atoms with Crippen molar-refractivity contribution in [1.29, 1.82) is 0 Å². The van der Waals surface area contributed by atoms with E-state index in [2.05, 4.69) is 0 Å². The molecule has 2 unspecified atom stereocenters. The van der Waals surface area contributed by atoms with Crippen LogP contribution in [-0.2, 0) is 27.8 Å². The predicted molar refractivity (Wildman–Crippen MR) is 67.8 cm³/mol. The largest absolute Gasteiger partial charge is 0.372 e. The van der Waals surface area contributed by atoms with Crippen LogP contribution in [0.2, 0.25) is 0 Å². The van der Waals surface area contributed by atoms with E-state index in [0.717, 1.165) is 16.7 Å².